The fourth-order valence-corrected chi connectivity index (χ4v) is 4.30. The third-order valence-electron chi connectivity index (χ3n) is 4.58. The van der Waals surface area contributed by atoms with Gasteiger partial charge in [-0.25, -0.2) is 0 Å². The zero-order chi connectivity index (χ0) is 14.7. The summed E-state index contributed by atoms with van der Waals surface area (Å²) in [5.74, 6) is -2.36. The minimum Gasteiger partial charge on any atom is -0.369 e. The molecule has 1 aromatic carbocycles. The number of thioether (sulfide) groups is 1. The highest BCUT2D eigenvalue weighted by Gasteiger charge is 2.36. The fraction of sp³-hybridized carbons (Fsp3) is 0.625. The van der Waals surface area contributed by atoms with Gasteiger partial charge in [-0.1, -0.05) is 36.7 Å². The Morgan fingerprint density at radius 1 is 1.14 bits per heavy atom. The molecule has 0 aromatic heterocycles. The summed E-state index contributed by atoms with van der Waals surface area (Å²) < 4.78 is 25.5. The number of hydrogen-bond acceptors (Lipinski definition) is 3. The third-order valence-corrected chi connectivity index (χ3v) is 5.36. The van der Waals surface area contributed by atoms with Crippen molar-refractivity contribution in [2.75, 3.05) is 24.5 Å². The zero-order valence-electron chi connectivity index (χ0n) is 12.2. The van der Waals surface area contributed by atoms with Crippen LogP contribution in [0.1, 0.15) is 32.1 Å². The van der Waals surface area contributed by atoms with Gasteiger partial charge in [-0.2, -0.15) is 8.78 Å². The van der Waals surface area contributed by atoms with Crippen LogP contribution >= 0.6 is 11.8 Å². The molecule has 1 heterocycles. The van der Waals surface area contributed by atoms with E-state index < -0.39 is 5.76 Å². The van der Waals surface area contributed by atoms with Crippen molar-refractivity contribution in [1.82, 2.24) is 5.32 Å². The summed E-state index contributed by atoms with van der Waals surface area (Å²) in [5.41, 5.74) is 1.16. The Morgan fingerprint density at radius 3 is 2.67 bits per heavy atom. The Kier molecular flexibility index (Phi) is 4.69. The summed E-state index contributed by atoms with van der Waals surface area (Å²) in [7, 11) is 0. The highest BCUT2D eigenvalue weighted by atomic mass is 32.2. The number of para-hydroxylation sites is 1. The maximum Gasteiger partial charge on any atom is 0.288 e. The lowest BCUT2D eigenvalue weighted by atomic mass is 9.97. The molecule has 1 N–H and O–H groups in total. The van der Waals surface area contributed by atoms with Gasteiger partial charge in [0, 0.05) is 23.5 Å². The van der Waals surface area contributed by atoms with Crippen LogP contribution in [0.25, 0.3) is 0 Å². The van der Waals surface area contributed by atoms with Crippen molar-refractivity contribution in [3.05, 3.63) is 24.3 Å². The van der Waals surface area contributed by atoms with Gasteiger partial charge < -0.3 is 10.2 Å². The van der Waals surface area contributed by atoms with Gasteiger partial charge in [0.15, 0.2) is 0 Å². The molecule has 1 saturated heterocycles. The molecule has 2 aliphatic rings. The van der Waals surface area contributed by atoms with Crippen LogP contribution in [0.5, 0.6) is 0 Å². The van der Waals surface area contributed by atoms with Crippen molar-refractivity contribution in [2.45, 2.75) is 48.3 Å². The predicted octanol–water partition coefficient (Wildman–Crippen LogP) is 4.11. The fourth-order valence-electron chi connectivity index (χ4n) is 3.63. The summed E-state index contributed by atoms with van der Waals surface area (Å²) in [4.78, 5) is 3.01. The van der Waals surface area contributed by atoms with Crippen LogP contribution in [0.3, 0.4) is 0 Å². The van der Waals surface area contributed by atoms with Crippen molar-refractivity contribution >= 4 is 17.4 Å². The number of alkyl halides is 2. The average molecular weight is 312 g/mol. The van der Waals surface area contributed by atoms with E-state index in [9.17, 15) is 8.78 Å². The second-order valence-corrected chi connectivity index (χ2v) is 7.07. The number of hydrogen-bond donors (Lipinski definition) is 1. The molecule has 3 rings (SSSR count). The first kappa shape index (κ1) is 15.1. The summed E-state index contributed by atoms with van der Waals surface area (Å²) in [6.45, 7) is 2.91. The summed E-state index contributed by atoms with van der Waals surface area (Å²) in [6, 6.07) is 7.59. The lowest BCUT2D eigenvalue weighted by molar-refractivity contribution is 0.252. The Labute approximate surface area is 129 Å². The molecule has 21 heavy (non-hydrogen) atoms. The van der Waals surface area contributed by atoms with Gasteiger partial charge in [-0.05, 0) is 37.9 Å². The first-order valence-electron chi connectivity index (χ1n) is 7.72. The van der Waals surface area contributed by atoms with Crippen LogP contribution in [-0.2, 0) is 0 Å². The molecule has 1 aliphatic carbocycles. The van der Waals surface area contributed by atoms with Crippen LogP contribution in [0, 0.1) is 0 Å². The first-order valence-corrected chi connectivity index (χ1v) is 8.60. The van der Waals surface area contributed by atoms with Crippen LogP contribution in [0.4, 0.5) is 14.5 Å². The quantitative estimate of drug-likeness (QED) is 0.846. The van der Waals surface area contributed by atoms with E-state index in [-0.39, 0.29) is 5.54 Å². The second-order valence-electron chi connectivity index (χ2n) is 6.04. The molecular formula is C16H22F2N2S. The third kappa shape index (κ3) is 3.51. The highest BCUT2D eigenvalue weighted by molar-refractivity contribution is 7.99. The van der Waals surface area contributed by atoms with Crippen LogP contribution in [0.2, 0.25) is 0 Å². The lowest BCUT2D eigenvalue weighted by Crippen LogP contribution is -2.49. The normalized spacial score (nSPS) is 22.0. The number of anilines is 1. The SMILES string of the molecule is FC(F)Sc1ccccc1N1CCCNC2(CCCC2)C1. The van der Waals surface area contributed by atoms with Gasteiger partial charge in [0.25, 0.3) is 5.76 Å². The van der Waals surface area contributed by atoms with Gasteiger partial charge in [0.05, 0.1) is 5.69 Å². The molecule has 1 saturated carbocycles. The summed E-state index contributed by atoms with van der Waals surface area (Å²) in [5, 5.41) is 3.72. The van der Waals surface area contributed by atoms with Crippen molar-refractivity contribution < 1.29 is 8.78 Å². The molecule has 2 nitrogen and oxygen atoms in total. The summed E-state index contributed by atoms with van der Waals surface area (Å²) in [6.07, 6.45) is 6.01. The number of rotatable bonds is 3. The number of nitrogens with zero attached hydrogens (tertiary/aromatic N) is 1. The Balaban J connectivity index is 1.84. The molecular weight excluding hydrogens is 290 g/mol. The van der Waals surface area contributed by atoms with Crippen LogP contribution in [0.15, 0.2) is 29.2 Å². The second kappa shape index (κ2) is 6.53. The lowest BCUT2D eigenvalue weighted by Gasteiger charge is -2.35. The van der Waals surface area contributed by atoms with E-state index in [4.69, 9.17) is 0 Å². The van der Waals surface area contributed by atoms with Gasteiger partial charge in [0.2, 0.25) is 0 Å². The van der Waals surface area contributed by atoms with E-state index in [2.05, 4.69) is 10.2 Å². The minimum atomic E-state index is -2.36. The minimum absolute atomic E-state index is 0.194. The molecule has 2 fully saturated rings. The van der Waals surface area contributed by atoms with Crippen molar-refractivity contribution in [2.24, 2.45) is 0 Å². The first-order chi connectivity index (χ1) is 10.2. The molecule has 0 atom stereocenters. The molecule has 0 amide bonds. The van der Waals surface area contributed by atoms with E-state index in [1.165, 1.54) is 25.7 Å². The van der Waals surface area contributed by atoms with Gasteiger partial charge in [0.1, 0.15) is 0 Å². The maximum absolute atomic E-state index is 12.8. The highest BCUT2D eigenvalue weighted by Crippen LogP contribution is 2.38. The number of nitrogens with one attached hydrogen (secondary N) is 1. The topological polar surface area (TPSA) is 15.3 Å². The van der Waals surface area contributed by atoms with Crippen molar-refractivity contribution in [3.8, 4) is 0 Å². The number of halogens is 2. The molecule has 1 spiro atoms. The van der Waals surface area contributed by atoms with Gasteiger partial charge >= 0.3 is 0 Å². The molecule has 0 bridgehead atoms. The smallest absolute Gasteiger partial charge is 0.288 e. The van der Waals surface area contributed by atoms with Crippen molar-refractivity contribution in [3.63, 3.8) is 0 Å². The summed E-state index contributed by atoms with van der Waals surface area (Å²) >= 11 is 0.661. The van der Waals surface area contributed by atoms with E-state index in [1.54, 1.807) is 0 Å². The Hall–Kier alpha value is -0.810. The van der Waals surface area contributed by atoms with Crippen LogP contribution in [-0.4, -0.2) is 30.9 Å². The Morgan fingerprint density at radius 2 is 1.90 bits per heavy atom. The van der Waals surface area contributed by atoms with E-state index >= 15 is 0 Å². The average Bonchev–Trinajstić information content (AvgIpc) is 2.80. The maximum atomic E-state index is 12.8. The zero-order valence-corrected chi connectivity index (χ0v) is 13.0. The van der Waals surface area contributed by atoms with E-state index in [0.29, 0.717) is 16.7 Å². The molecule has 116 valence electrons. The molecule has 1 aromatic rings. The Bertz CT molecular complexity index is 475. The molecule has 1 aliphatic heterocycles. The van der Waals surface area contributed by atoms with E-state index in [0.717, 1.165) is 31.7 Å². The van der Waals surface area contributed by atoms with Gasteiger partial charge in [-0.3, -0.25) is 0 Å². The molecule has 0 radical (unpaired) electrons. The van der Waals surface area contributed by atoms with E-state index in [1.807, 2.05) is 24.3 Å². The largest absolute Gasteiger partial charge is 0.369 e. The molecule has 5 heteroatoms. The standard InChI is InChI=1S/C16H22F2N2S/c17-15(18)21-14-7-2-1-6-13(14)20-11-5-10-19-16(12-20)8-3-4-9-16/h1-2,6-7,15,19H,3-5,8-12H2. The van der Waals surface area contributed by atoms with Gasteiger partial charge in [-0.15, -0.1) is 0 Å². The molecule has 0 unspecified atom stereocenters. The van der Waals surface area contributed by atoms with Crippen molar-refractivity contribution in [1.29, 1.82) is 0 Å². The van der Waals surface area contributed by atoms with Crippen LogP contribution < -0.4 is 10.2 Å². The monoisotopic (exact) mass is 312 g/mol. The number of benzene rings is 1. The predicted molar refractivity (Wildman–Crippen MR) is 84.3 cm³/mol.